The first-order valence-corrected chi connectivity index (χ1v) is 12.6. The summed E-state index contributed by atoms with van der Waals surface area (Å²) in [5.41, 5.74) is 2.20. The van der Waals surface area contributed by atoms with E-state index in [1.54, 1.807) is 41.8 Å². The SMILES string of the molecule is Cc1c(C2=NN(CCOc3ccccc3)S(=O)(=O)c3ccccc32)c2cc(F)ccc2n1CC(=O)O. The van der Waals surface area contributed by atoms with Crippen LogP contribution in [0.25, 0.3) is 10.9 Å². The molecule has 0 spiro atoms. The first-order chi connectivity index (χ1) is 17.3. The van der Waals surface area contributed by atoms with Gasteiger partial charge >= 0.3 is 5.97 Å². The second-order valence-electron chi connectivity index (χ2n) is 8.26. The van der Waals surface area contributed by atoms with Crippen LogP contribution in [0.1, 0.15) is 16.8 Å². The van der Waals surface area contributed by atoms with Crippen LogP contribution in [0.3, 0.4) is 0 Å². The Morgan fingerprint density at radius 3 is 2.53 bits per heavy atom. The highest BCUT2D eigenvalue weighted by atomic mass is 32.2. The zero-order valence-corrected chi connectivity index (χ0v) is 20.1. The van der Waals surface area contributed by atoms with Gasteiger partial charge < -0.3 is 14.4 Å². The first-order valence-electron chi connectivity index (χ1n) is 11.2. The van der Waals surface area contributed by atoms with Crippen molar-refractivity contribution in [1.29, 1.82) is 0 Å². The van der Waals surface area contributed by atoms with Crippen molar-refractivity contribution < 1.29 is 27.4 Å². The van der Waals surface area contributed by atoms with Crippen molar-refractivity contribution in [1.82, 2.24) is 8.98 Å². The summed E-state index contributed by atoms with van der Waals surface area (Å²) in [6.45, 7) is 1.37. The van der Waals surface area contributed by atoms with Crippen LogP contribution in [0.4, 0.5) is 4.39 Å². The zero-order valence-electron chi connectivity index (χ0n) is 19.3. The number of carboxylic acids is 1. The number of rotatable bonds is 7. The van der Waals surface area contributed by atoms with E-state index < -0.39 is 21.8 Å². The maximum absolute atomic E-state index is 14.3. The minimum atomic E-state index is -3.97. The topological polar surface area (TPSA) is 101 Å². The molecular weight excluding hydrogens is 485 g/mol. The second kappa shape index (κ2) is 9.12. The Morgan fingerprint density at radius 2 is 1.78 bits per heavy atom. The van der Waals surface area contributed by atoms with Gasteiger partial charge in [0.25, 0.3) is 10.0 Å². The van der Waals surface area contributed by atoms with E-state index in [9.17, 15) is 22.7 Å². The van der Waals surface area contributed by atoms with E-state index >= 15 is 0 Å². The largest absolute Gasteiger partial charge is 0.492 e. The van der Waals surface area contributed by atoms with E-state index in [1.165, 1.54) is 24.3 Å². The standard InChI is InChI=1S/C26H22FN3O5S/c1-17-25(21-15-18(27)11-12-22(21)29(17)16-24(31)32)26-20-9-5-6-10-23(20)36(33,34)30(28-26)13-14-35-19-7-3-2-4-8-19/h2-12,15H,13-14,16H2,1H3,(H,31,32). The molecule has 0 atom stereocenters. The van der Waals surface area contributed by atoms with E-state index in [0.29, 0.717) is 39.2 Å². The van der Waals surface area contributed by atoms with Crippen LogP contribution in [-0.2, 0) is 21.4 Å². The highest BCUT2D eigenvalue weighted by Gasteiger charge is 2.35. The summed E-state index contributed by atoms with van der Waals surface area (Å²) < 4.78 is 49.3. The fraction of sp³-hybridized carbons (Fsp3) is 0.154. The lowest BCUT2D eigenvalue weighted by Crippen LogP contribution is -2.36. The van der Waals surface area contributed by atoms with Crippen molar-refractivity contribution in [2.24, 2.45) is 5.10 Å². The molecule has 5 rings (SSSR count). The molecule has 0 saturated carbocycles. The van der Waals surface area contributed by atoms with E-state index in [4.69, 9.17) is 4.74 Å². The predicted octanol–water partition coefficient (Wildman–Crippen LogP) is 4.01. The Balaban J connectivity index is 1.65. The zero-order chi connectivity index (χ0) is 25.4. The number of aromatic nitrogens is 1. The van der Waals surface area contributed by atoms with Crippen LogP contribution in [0.15, 0.2) is 82.8 Å². The minimum absolute atomic E-state index is 0.0522. The van der Waals surface area contributed by atoms with Gasteiger partial charge in [-0.15, -0.1) is 0 Å². The molecule has 0 saturated heterocycles. The number of carboxylic acid groups (broad SMARTS) is 1. The Hall–Kier alpha value is -4.18. The number of fused-ring (bicyclic) bond motifs is 2. The van der Waals surface area contributed by atoms with Gasteiger partial charge in [-0.1, -0.05) is 36.4 Å². The number of benzene rings is 3. The van der Waals surface area contributed by atoms with Crippen molar-refractivity contribution >= 4 is 32.6 Å². The maximum Gasteiger partial charge on any atom is 0.323 e. The number of para-hydroxylation sites is 1. The van der Waals surface area contributed by atoms with Crippen molar-refractivity contribution in [3.63, 3.8) is 0 Å². The monoisotopic (exact) mass is 507 g/mol. The maximum atomic E-state index is 14.3. The number of hydrogen-bond acceptors (Lipinski definition) is 5. The normalized spacial score (nSPS) is 14.4. The van der Waals surface area contributed by atoms with Gasteiger partial charge in [-0.05, 0) is 43.3 Å². The van der Waals surface area contributed by atoms with E-state index in [0.717, 1.165) is 4.41 Å². The van der Waals surface area contributed by atoms with Crippen LogP contribution in [0, 0.1) is 12.7 Å². The Kier molecular flexibility index (Phi) is 5.97. The fourth-order valence-electron chi connectivity index (χ4n) is 4.43. The first kappa shape index (κ1) is 23.6. The average Bonchev–Trinajstić information content (AvgIpc) is 3.11. The third-order valence-electron chi connectivity index (χ3n) is 6.02. The van der Waals surface area contributed by atoms with Crippen molar-refractivity contribution in [3.8, 4) is 5.75 Å². The van der Waals surface area contributed by atoms with Crippen molar-refractivity contribution in [2.75, 3.05) is 13.2 Å². The van der Waals surface area contributed by atoms with Crippen LogP contribution in [-0.4, -0.2) is 47.3 Å². The second-order valence-corrected chi connectivity index (χ2v) is 10.1. The lowest BCUT2D eigenvalue weighted by Gasteiger charge is -2.27. The molecule has 1 aliphatic rings. The molecule has 1 N–H and O–H groups in total. The number of sulfonamides is 1. The molecule has 1 aliphatic heterocycles. The van der Waals surface area contributed by atoms with Crippen molar-refractivity contribution in [3.05, 3.63) is 95.4 Å². The van der Waals surface area contributed by atoms with E-state index in [-0.39, 0.29) is 24.6 Å². The molecule has 3 aromatic carbocycles. The minimum Gasteiger partial charge on any atom is -0.492 e. The highest BCUT2D eigenvalue weighted by Crippen LogP contribution is 2.34. The molecule has 0 unspecified atom stereocenters. The number of nitrogens with zero attached hydrogens (tertiary/aromatic N) is 3. The lowest BCUT2D eigenvalue weighted by atomic mass is 9.99. The quantitative estimate of drug-likeness (QED) is 0.407. The van der Waals surface area contributed by atoms with Gasteiger partial charge in [0.2, 0.25) is 0 Å². The number of hydrogen-bond donors (Lipinski definition) is 1. The molecule has 4 aromatic rings. The molecule has 36 heavy (non-hydrogen) atoms. The number of carbonyl (C=O) groups is 1. The van der Waals surface area contributed by atoms with Crippen LogP contribution < -0.4 is 4.74 Å². The summed E-state index contributed by atoms with van der Waals surface area (Å²) in [5.74, 6) is -0.958. The highest BCUT2D eigenvalue weighted by molar-refractivity contribution is 7.89. The third-order valence-corrected chi connectivity index (χ3v) is 7.75. The van der Waals surface area contributed by atoms with Gasteiger partial charge in [-0.3, -0.25) is 4.79 Å². The summed E-state index contributed by atoms with van der Waals surface area (Å²) in [7, 11) is -3.97. The summed E-state index contributed by atoms with van der Waals surface area (Å²) in [6.07, 6.45) is 0. The molecule has 0 fully saturated rings. The number of hydrazone groups is 1. The molecule has 8 nitrogen and oxygen atoms in total. The third kappa shape index (κ3) is 4.09. The molecular formula is C26H22FN3O5S. The molecule has 10 heteroatoms. The number of halogens is 1. The Bertz CT molecular complexity index is 1610. The van der Waals surface area contributed by atoms with Gasteiger partial charge in [0, 0.05) is 27.7 Å². The molecule has 2 heterocycles. The van der Waals surface area contributed by atoms with Gasteiger partial charge in [0.1, 0.15) is 30.4 Å². The summed E-state index contributed by atoms with van der Waals surface area (Å²) in [5, 5.41) is 14.4. The number of aliphatic carboxylic acids is 1. The molecule has 0 amide bonds. The Morgan fingerprint density at radius 1 is 1.06 bits per heavy atom. The molecule has 0 bridgehead atoms. The lowest BCUT2D eigenvalue weighted by molar-refractivity contribution is -0.137. The van der Waals surface area contributed by atoms with Crippen molar-refractivity contribution in [2.45, 2.75) is 18.4 Å². The summed E-state index contributed by atoms with van der Waals surface area (Å²) in [6, 6.07) is 19.6. The van der Waals surface area contributed by atoms with Gasteiger partial charge in [-0.25, -0.2) is 4.39 Å². The summed E-state index contributed by atoms with van der Waals surface area (Å²) >= 11 is 0. The fourth-order valence-corrected chi connectivity index (χ4v) is 5.85. The molecule has 1 aromatic heterocycles. The molecule has 0 aliphatic carbocycles. The number of ether oxygens (including phenoxy) is 1. The summed E-state index contributed by atoms with van der Waals surface area (Å²) in [4.78, 5) is 11.6. The van der Waals surface area contributed by atoms with Crippen LogP contribution in [0.5, 0.6) is 5.75 Å². The van der Waals surface area contributed by atoms with Crippen LogP contribution in [0.2, 0.25) is 0 Å². The average molecular weight is 508 g/mol. The molecule has 0 radical (unpaired) electrons. The van der Waals surface area contributed by atoms with E-state index in [1.807, 2.05) is 18.2 Å². The predicted molar refractivity (Wildman–Crippen MR) is 132 cm³/mol. The molecule has 184 valence electrons. The van der Waals surface area contributed by atoms with Crippen LogP contribution >= 0.6 is 0 Å². The van der Waals surface area contributed by atoms with E-state index in [2.05, 4.69) is 5.10 Å². The van der Waals surface area contributed by atoms with Gasteiger partial charge in [-0.2, -0.15) is 17.9 Å². The van der Waals surface area contributed by atoms with Gasteiger partial charge in [0.15, 0.2) is 0 Å². The Labute approximate surface area is 206 Å². The van der Waals surface area contributed by atoms with Gasteiger partial charge in [0.05, 0.1) is 11.4 Å². The smallest absolute Gasteiger partial charge is 0.323 e.